The molecule has 0 saturated heterocycles. The van der Waals surface area contributed by atoms with Crippen LogP contribution in [0.4, 0.5) is 0 Å². The zero-order chi connectivity index (χ0) is 25.6. The van der Waals surface area contributed by atoms with Gasteiger partial charge in [-0.15, -0.1) is 0 Å². The average molecular weight is 548 g/mol. The Hall–Kier alpha value is -0.640. The Morgan fingerprint density at radius 1 is 1.03 bits per heavy atom. The zero-order valence-electron chi connectivity index (χ0n) is 23.1. The lowest BCUT2D eigenvalue weighted by atomic mass is 9.33. The van der Waals surface area contributed by atoms with Crippen LogP contribution in [0.1, 0.15) is 99.3 Å². The van der Waals surface area contributed by atoms with Gasteiger partial charge >= 0.3 is 5.97 Å². The monoisotopic (exact) mass is 546 g/mol. The lowest BCUT2D eigenvalue weighted by Crippen LogP contribution is -2.66. The molecule has 0 aliphatic heterocycles. The number of rotatable bonds is 2. The van der Waals surface area contributed by atoms with Crippen molar-refractivity contribution < 1.29 is 14.3 Å². The molecule has 4 fully saturated rings. The lowest BCUT2D eigenvalue weighted by molar-refractivity contribution is -0.198. The Bertz CT molecular complexity index is 957. The normalized spacial score (nSPS) is 53.4. The Kier molecular flexibility index (Phi) is 6.07. The highest BCUT2D eigenvalue weighted by Crippen LogP contribution is 2.75. The number of fused-ring (bicyclic) bond motifs is 7. The molecule has 35 heavy (non-hydrogen) atoms. The zero-order valence-corrected chi connectivity index (χ0v) is 24.7. The topological polar surface area (TPSA) is 43.4 Å². The molecule has 0 radical (unpaired) electrons. The van der Waals surface area contributed by atoms with E-state index in [1.807, 2.05) is 0 Å². The third kappa shape index (κ3) is 3.19. The van der Waals surface area contributed by atoms with E-state index in [0.717, 1.165) is 37.4 Å². The van der Waals surface area contributed by atoms with E-state index < -0.39 is 5.41 Å². The van der Waals surface area contributed by atoms with Crippen LogP contribution in [0.3, 0.4) is 0 Å². The summed E-state index contributed by atoms with van der Waals surface area (Å²) in [6.07, 6.45) is 12.2. The molecule has 5 aliphatic carbocycles. The van der Waals surface area contributed by atoms with Crippen LogP contribution in [0.2, 0.25) is 0 Å². The summed E-state index contributed by atoms with van der Waals surface area (Å²) in [6.45, 7) is 14.4. The molecule has 5 rings (SSSR count). The quantitative estimate of drug-likeness (QED) is 0.262. The van der Waals surface area contributed by atoms with Crippen LogP contribution in [0.5, 0.6) is 0 Å². The number of allylic oxidation sites excluding steroid dienone is 2. The molecule has 0 spiro atoms. The fourth-order valence-electron chi connectivity index (χ4n) is 11.1. The summed E-state index contributed by atoms with van der Waals surface area (Å²) >= 11 is 3.81. The van der Waals surface area contributed by atoms with Crippen LogP contribution in [-0.4, -0.2) is 24.2 Å². The summed E-state index contributed by atoms with van der Waals surface area (Å²) in [7, 11) is 1.53. The highest BCUT2D eigenvalue weighted by Gasteiger charge is 2.70. The number of halogens is 1. The summed E-state index contributed by atoms with van der Waals surface area (Å²) in [5.41, 5.74) is 1.14. The van der Waals surface area contributed by atoms with Gasteiger partial charge in [0.2, 0.25) is 0 Å². The summed E-state index contributed by atoms with van der Waals surface area (Å²) in [6, 6.07) is 0. The fourth-order valence-corrected chi connectivity index (χ4v) is 12.0. The Labute approximate surface area is 221 Å². The fraction of sp³-hybridized carbons (Fsp3) is 0.871. The summed E-state index contributed by atoms with van der Waals surface area (Å²) in [5, 5.41) is 1.06. The number of hydrogen-bond donors (Lipinski definition) is 0. The van der Waals surface area contributed by atoms with Gasteiger partial charge in [0.1, 0.15) is 0 Å². The van der Waals surface area contributed by atoms with Crippen LogP contribution in [0.15, 0.2) is 11.6 Å². The van der Waals surface area contributed by atoms with Gasteiger partial charge in [-0.1, -0.05) is 62.5 Å². The van der Waals surface area contributed by atoms with E-state index in [1.165, 1.54) is 38.4 Å². The minimum absolute atomic E-state index is 0.0120. The second-order valence-electron chi connectivity index (χ2n) is 14.5. The molecule has 0 N–H and O–H groups in total. The molecule has 0 aromatic heterocycles. The van der Waals surface area contributed by atoms with Crippen molar-refractivity contribution in [2.24, 2.45) is 56.7 Å². The molecule has 4 heteroatoms. The molecule has 0 unspecified atom stereocenters. The molecule has 10 atom stereocenters. The molecule has 0 heterocycles. The number of ketones is 1. The van der Waals surface area contributed by atoms with E-state index in [-0.39, 0.29) is 34.1 Å². The SMILES string of the molecule is COC(=O)[C@@]1(C)CCC[C@@]2(C)[C@H]1CC[C@]1(C)[C@@H]2C(=O)C=C2[C@@H]3[C@@H](C)[C@H](CBr)CC[C@]3(C)CC[C@]21C. The van der Waals surface area contributed by atoms with Crippen molar-refractivity contribution >= 4 is 27.7 Å². The number of methoxy groups -OCH3 is 1. The van der Waals surface area contributed by atoms with Gasteiger partial charge < -0.3 is 4.74 Å². The van der Waals surface area contributed by atoms with Crippen LogP contribution < -0.4 is 0 Å². The van der Waals surface area contributed by atoms with Crippen LogP contribution in [0, 0.1) is 56.7 Å². The molecule has 0 aromatic rings. The first-order valence-corrected chi connectivity index (χ1v) is 15.3. The second kappa shape index (κ2) is 8.18. The van der Waals surface area contributed by atoms with Crippen LogP contribution >= 0.6 is 15.9 Å². The number of ether oxygens (including phenoxy) is 1. The maximum Gasteiger partial charge on any atom is 0.311 e. The van der Waals surface area contributed by atoms with Gasteiger partial charge in [-0.25, -0.2) is 0 Å². The number of carbonyl (C=O) groups is 2. The first kappa shape index (κ1) is 26.0. The van der Waals surface area contributed by atoms with E-state index in [1.54, 1.807) is 0 Å². The first-order chi connectivity index (χ1) is 16.3. The molecule has 0 aromatic carbocycles. The molecular formula is C31H47BrO3. The Balaban J connectivity index is 1.62. The van der Waals surface area contributed by atoms with Gasteiger partial charge in [0.15, 0.2) is 5.78 Å². The molecule has 0 bridgehead atoms. The highest BCUT2D eigenvalue weighted by atomic mass is 79.9. The van der Waals surface area contributed by atoms with Gasteiger partial charge in [0.25, 0.3) is 0 Å². The number of esters is 1. The average Bonchev–Trinajstić information content (AvgIpc) is 2.79. The largest absolute Gasteiger partial charge is 0.469 e. The summed E-state index contributed by atoms with van der Waals surface area (Å²) in [4.78, 5) is 27.4. The molecule has 196 valence electrons. The van der Waals surface area contributed by atoms with Crippen LogP contribution in [0.25, 0.3) is 0 Å². The second-order valence-corrected chi connectivity index (χ2v) is 15.1. The summed E-state index contributed by atoms with van der Waals surface area (Å²) in [5.74, 6) is 2.25. The van der Waals surface area contributed by atoms with Crippen molar-refractivity contribution in [1.82, 2.24) is 0 Å². The third-order valence-corrected chi connectivity index (χ3v) is 14.0. The van der Waals surface area contributed by atoms with Crippen molar-refractivity contribution in [1.29, 1.82) is 0 Å². The predicted molar refractivity (Wildman–Crippen MR) is 144 cm³/mol. The highest BCUT2D eigenvalue weighted by molar-refractivity contribution is 9.09. The maximum absolute atomic E-state index is 14.4. The minimum atomic E-state index is -0.486. The van der Waals surface area contributed by atoms with Gasteiger partial charge in [-0.2, -0.15) is 0 Å². The van der Waals surface area contributed by atoms with E-state index in [9.17, 15) is 9.59 Å². The van der Waals surface area contributed by atoms with Crippen molar-refractivity contribution in [2.45, 2.75) is 99.3 Å². The smallest absolute Gasteiger partial charge is 0.311 e. The van der Waals surface area contributed by atoms with Gasteiger partial charge in [-0.3, -0.25) is 9.59 Å². The number of hydrogen-bond acceptors (Lipinski definition) is 3. The van der Waals surface area contributed by atoms with Gasteiger partial charge in [0.05, 0.1) is 12.5 Å². The molecular weight excluding hydrogens is 500 g/mol. The van der Waals surface area contributed by atoms with E-state index in [0.29, 0.717) is 29.0 Å². The van der Waals surface area contributed by atoms with Crippen molar-refractivity contribution in [2.75, 3.05) is 12.4 Å². The predicted octanol–water partition coefficient (Wildman–Crippen LogP) is 7.76. The molecule has 0 amide bonds. The molecule has 4 saturated carbocycles. The van der Waals surface area contributed by atoms with Crippen molar-refractivity contribution in [3.63, 3.8) is 0 Å². The Morgan fingerprint density at radius 2 is 1.74 bits per heavy atom. The van der Waals surface area contributed by atoms with Gasteiger partial charge in [0, 0.05) is 11.2 Å². The Morgan fingerprint density at radius 3 is 2.40 bits per heavy atom. The van der Waals surface area contributed by atoms with Crippen LogP contribution in [-0.2, 0) is 14.3 Å². The van der Waals surface area contributed by atoms with E-state index in [2.05, 4.69) is 63.5 Å². The van der Waals surface area contributed by atoms with E-state index >= 15 is 0 Å². The number of carbonyl (C=O) groups excluding carboxylic acids is 2. The standard InChI is InChI=1S/C31H47BrO3/c1-19-20(18-32)9-13-27(2)15-16-30(5)21(24(19)27)17-22(33)25-28(3)11-8-12-29(4,26(34)35-7)23(28)10-14-31(25,30)6/h17,19-20,23-25H,8-16,18H2,1-7H3/t19-,20-,23+,24-,25+,27+,28-,29-,30+,31+/m0/s1. The molecule has 5 aliphatic rings. The third-order valence-electron chi connectivity index (χ3n) is 13.2. The van der Waals surface area contributed by atoms with Gasteiger partial charge in [-0.05, 0) is 110 Å². The number of alkyl halides is 1. The first-order valence-electron chi connectivity index (χ1n) is 14.2. The maximum atomic E-state index is 14.4. The summed E-state index contributed by atoms with van der Waals surface area (Å²) < 4.78 is 5.34. The van der Waals surface area contributed by atoms with Crippen molar-refractivity contribution in [3.05, 3.63) is 11.6 Å². The van der Waals surface area contributed by atoms with E-state index in [4.69, 9.17) is 4.74 Å². The lowest BCUT2D eigenvalue weighted by Gasteiger charge is -2.70. The van der Waals surface area contributed by atoms with Crippen molar-refractivity contribution in [3.8, 4) is 0 Å². The molecule has 3 nitrogen and oxygen atoms in total. The minimum Gasteiger partial charge on any atom is -0.469 e.